The van der Waals surface area contributed by atoms with Crippen LogP contribution >= 0.6 is 12.4 Å². The second kappa shape index (κ2) is 7.00. The van der Waals surface area contributed by atoms with Gasteiger partial charge in [0, 0.05) is 31.2 Å². The Morgan fingerprint density at radius 1 is 1.43 bits per heavy atom. The summed E-state index contributed by atoms with van der Waals surface area (Å²) in [5.41, 5.74) is 0.195. The molecule has 21 heavy (non-hydrogen) atoms. The lowest BCUT2D eigenvalue weighted by Gasteiger charge is -2.32. The number of benzene rings is 1. The summed E-state index contributed by atoms with van der Waals surface area (Å²) in [6, 6.07) is 5.31. The molecular formula is C13H16ClF3N2O2. The van der Waals surface area contributed by atoms with E-state index in [1.165, 1.54) is 18.2 Å². The molecule has 0 spiro atoms. The SMILES string of the molecule is C[C@H]1CN(C(=O)c2cccc(OC(F)(F)F)c2)CCN1.Cl. The van der Waals surface area contributed by atoms with Crippen molar-refractivity contribution in [1.82, 2.24) is 10.2 Å². The van der Waals surface area contributed by atoms with Crippen molar-refractivity contribution >= 4 is 18.3 Å². The zero-order valence-electron chi connectivity index (χ0n) is 11.3. The normalized spacial score (nSPS) is 18.9. The van der Waals surface area contributed by atoms with Gasteiger partial charge in [0.1, 0.15) is 5.75 Å². The van der Waals surface area contributed by atoms with E-state index in [-0.39, 0.29) is 35.7 Å². The van der Waals surface area contributed by atoms with E-state index >= 15 is 0 Å². The molecule has 0 aromatic heterocycles. The van der Waals surface area contributed by atoms with E-state index in [9.17, 15) is 18.0 Å². The van der Waals surface area contributed by atoms with Crippen molar-refractivity contribution in [3.63, 3.8) is 0 Å². The van der Waals surface area contributed by atoms with Gasteiger partial charge in [-0.3, -0.25) is 4.79 Å². The largest absolute Gasteiger partial charge is 0.573 e. The summed E-state index contributed by atoms with van der Waals surface area (Å²) >= 11 is 0. The van der Waals surface area contributed by atoms with Gasteiger partial charge >= 0.3 is 6.36 Å². The highest BCUT2D eigenvalue weighted by atomic mass is 35.5. The molecule has 0 radical (unpaired) electrons. The second-order valence-corrected chi connectivity index (χ2v) is 4.68. The third kappa shape index (κ3) is 5.09. The summed E-state index contributed by atoms with van der Waals surface area (Å²) in [6.07, 6.45) is -4.76. The van der Waals surface area contributed by atoms with Crippen molar-refractivity contribution in [2.45, 2.75) is 19.3 Å². The molecule has 1 amide bonds. The zero-order valence-corrected chi connectivity index (χ0v) is 12.1. The molecule has 4 nitrogen and oxygen atoms in total. The van der Waals surface area contributed by atoms with E-state index in [4.69, 9.17) is 0 Å². The van der Waals surface area contributed by atoms with Crippen LogP contribution in [0.4, 0.5) is 13.2 Å². The first-order valence-corrected chi connectivity index (χ1v) is 6.23. The zero-order chi connectivity index (χ0) is 14.8. The summed E-state index contributed by atoms with van der Waals surface area (Å²) in [4.78, 5) is 13.8. The number of hydrogen-bond donors (Lipinski definition) is 1. The molecule has 2 rings (SSSR count). The van der Waals surface area contributed by atoms with Gasteiger partial charge in [0.25, 0.3) is 5.91 Å². The van der Waals surface area contributed by atoms with Crippen LogP contribution in [0.5, 0.6) is 5.75 Å². The van der Waals surface area contributed by atoms with Gasteiger partial charge in [-0.25, -0.2) is 0 Å². The molecule has 1 aromatic carbocycles. The minimum Gasteiger partial charge on any atom is -0.406 e. The van der Waals surface area contributed by atoms with Crippen LogP contribution in [-0.2, 0) is 0 Å². The predicted octanol–water partition coefficient (Wildman–Crippen LogP) is 2.44. The van der Waals surface area contributed by atoms with Crippen LogP contribution in [0.3, 0.4) is 0 Å². The summed E-state index contributed by atoms with van der Waals surface area (Å²) in [5, 5.41) is 3.19. The maximum atomic E-state index is 12.2. The fourth-order valence-corrected chi connectivity index (χ4v) is 2.13. The Morgan fingerprint density at radius 3 is 2.76 bits per heavy atom. The van der Waals surface area contributed by atoms with Crippen LogP contribution in [0.15, 0.2) is 24.3 Å². The van der Waals surface area contributed by atoms with Crippen molar-refractivity contribution in [1.29, 1.82) is 0 Å². The molecule has 1 aliphatic heterocycles. The summed E-state index contributed by atoms with van der Waals surface area (Å²) in [6.45, 7) is 3.69. The first-order chi connectivity index (χ1) is 9.35. The lowest BCUT2D eigenvalue weighted by Crippen LogP contribution is -2.51. The number of nitrogens with zero attached hydrogens (tertiary/aromatic N) is 1. The first-order valence-electron chi connectivity index (χ1n) is 6.23. The Kier molecular flexibility index (Phi) is 5.86. The molecule has 1 saturated heterocycles. The van der Waals surface area contributed by atoms with E-state index in [0.717, 1.165) is 6.07 Å². The number of alkyl halides is 3. The van der Waals surface area contributed by atoms with Crippen LogP contribution in [0.2, 0.25) is 0 Å². The Bertz CT molecular complexity index is 497. The van der Waals surface area contributed by atoms with Gasteiger partial charge in [-0.15, -0.1) is 25.6 Å². The van der Waals surface area contributed by atoms with Crippen molar-refractivity contribution in [3.8, 4) is 5.75 Å². The number of piperazine rings is 1. The van der Waals surface area contributed by atoms with Crippen LogP contribution in [0.25, 0.3) is 0 Å². The number of carbonyl (C=O) groups excluding carboxylic acids is 1. The van der Waals surface area contributed by atoms with Crippen molar-refractivity contribution in [2.24, 2.45) is 0 Å². The molecule has 0 bridgehead atoms. The number of halogens is 4. The fraction of sp³-hybridized carbons (Fsp3) is 0.462. The molecular weight excluding hydrogens is 309 g/mol. The highest BCUT2D eigenvalue weighted by Crippen LogP contribution is 2.23. The lowest BCUT2D eigenvalue weighted by molar-refractivity contribution is -0.274. The van der Waals surface area contributed by atoms with Gasteiger partial charge in [-0.2, -0.15) is 0 Å². The number of carbonyl (C=O) groups is 1. The molecule has 1 fully saturated rings. The van der Waals surface area contributed by atoms with Gasteiger partial charge < -0.3 is 15.0 Å². The van der Waals surface area contributed by atoms with E-state index in [2.05, 4.69) is 10.1 Å². The molecule has 8 heteroatoms. The van der Waals surface area contributed by atoms with Crippen molar-refractivity contribution in [2.75, 3.05) is 19.6 Å². The van der Waals surface area contributed by atoms with E-state index in [0.29, 0.717) is 19.6 Å². The summed E-state index contributed by atoms with van der Waals surface area (Å²) in [7, 11) is 0. The highest BCUT2D eigenvalue weighted by molar-refractivity contribution is 5.94. The maximum Gasteiger partial charge on any atom is 0.573 e. The highest BCUT2D eigenvalue weighted by Gasteiger charge is 2.31. The molecule has 1 aliphatic rings. The smallest absolute Gasteiger partial charge is 0.406 e. The van der Waals surface area contributed by atoms with E-state index in [1.807, 2.05) is 6.92 Å². The van der Waals surface area contributed by atoms with Crippen LogP contribution in [0.1, 0.15) is 17.3 Å². The minimum atomic E-state index is -4.76. The Morgan fingerprint density at radius 2 is 2.14 bits per heavy atom. The maximum absolute atomic E-state index is 12.2. The molecule has 1 atom stereocenters. The van der Waals surface area contributed by atoms with Crippen LogP contribution in [-0.4, -0.2) is 42.8 Å². The average Bonchev–Trinajstić information content (AvgIpc) is 2.36. The van der Waals surface area contributed by atoms with Crippen LogP contribution in [0, 0.1) is 0 Å². The number of amides is 1. The quantitative estimate of drug-likeness (QED) is 0.908. The van der Waals surface area contributed by atoms with E-state index < -0.39 is 6.36 Å². The van der Waals surface area contributed by atoms with Crippen LogP contribution < -0.4 is 10.1 Å². The minimum absolute atomic E-state index is 0. The monoisotopic (exact) mass is 324 g/mol. The van der Waals surface area contributed by atoms with Gasteiger partial charge in [-0.05, 0) is 25.1 Å². The Labute approximate surface area is 126 Å². The lowest BCUT2D eigenvalue weighted by atomic mass is 10.1. The van der Waals surface area contributed by atoms with Gasteiger partial charge in [0.2, 0.25) is 0 Å². The third-order valence-electron chi connectivity index (χ3n) is 2.97. The topological polar surface area (TPSA) is 41.6 Å². The third-order valence-corrected chi connectivity index (χ3v) is 2.97. The molecule has 0 aliphatic carbocycles. The molecule has 0 saturated carbocycles. The Balaban J connectivity index is 0.00000220. The number of rotatable bonds is 2. The first kappa shape index (κ1) is 17.6. The summed E-state index contributed by atoms with van der Waals surface area (Å²) < 4.78 is 40.3. The predicted molar refractivity (Wildman–Crippen MR) is 73.7 cm³/mol. The van der Waals surface area contributed by atoms with Gasteiger partial charge in [0.05, 0.1) is 0 Å². The van der Waals surface area contributed by atoms with Crippen molar-refractivity contribution in [3.05, 3.63) is 29.8 Å². The molecule has 1 N–H and O–H groups in total. The van der Waals surface area contributed by atoms with Gasteiger partial charge in [0.15, 0.2) is 0 Å². The van der Waals surface area contributed by atoms with E-state index in [1.54, 1.807) is 4.90 Å². The summed E-state index contributed by atoms with van der Waals surface area (Å²) in [5.74, 6) is -0.669. The fourth-order valence-electron chi connectivity index (χ4n) is 2.13. The van der Waals surface area contributed by atoms with Crippen molar-refractivity contribution < 1.29 is 22.7 Å². The number of ether oxygens (including phenoxy) is 1. The number of hydrogen-bond acceptors (Lipinski definition) is 3. The number of nitrogens with one attached hydrogen (secondary N) is 1. The van der Waals surface area contributed by atoms with Gasteiger partial charge in [-0.1, -0.05) is 6.07 Å². The second-order valence-electron chi connectivity index (χ2n) is 4.68. The molecule has 1 aromatic rings. The average molecular weight is 325 g/mol. The molecule has 1 heterocycles. The Hall–Kier alpha value is -1.47. The molecule has 118 valence electrons. The molecule has 0 unspecified atom stereocenters. The standard InChI is InChI=1S/C13H15F3N2O2.ClH/c1-9-8-18(6-5-17-9)12(19)10-3-2-4-11(7-10)20-13(14,15)16;/h2-4,7,9,17H,5-6,8H2,1H3;1H/t9-;/m0./s1.